The Morgan fingerprint density at radius 2 is 1.80 bits per heavy atom. The molecule has 0 saturated heterocycles. The fraction of sp³-hybridized carbons (Fsp3) is 0.200. The van der Waals surface area contributed by atoms with E-state index >= 15 is 0 Å². The maximum atomic E-state index is 9.88. The maximum absolute atomic E-state index is 9.88. The van der Waals surface area contributed by atoms with Crippen LogP contribution in [0.3, 0.4) is 0 Å². The monoisotopic (exact) mass is 310 g/mol. The lowest BCUT2D eigenvalue weighted by Gasteiger charge is -2.13. The molecule has 2 aromatic rings. The number of hydrogen-bond donors (Lipinski definition) is 2. The third-order valence-corrected chi connectivity index (χ3v) is 4.02. The SMILES string of the molecule is Oc1ccc(SCC(O)COc2ccccc2Cl)cc1. The van der Waals surface area contributed by atoms with E-state index in [1.165, 1.54) is 11.8 Å². The minimum Gasteiger partial charge on any atom is -0.508 e. The van der Waals surface area contributed by atoms with E-state index in [0.29, 0.717) is 16.5 Å². The highest BCUT2D eigenvalue weighted by Gasteiger charge is 2.08. The van der Waals surface area contributed by atoms with E-state index in [4.69, 9.17) is 16.3 Å². The van der Waals surface area contributed by atoms with Gasteiger partial charge in [0.25, 0.3) is 0 Å². The highest BCUT2D eigenvalue weighted by atomic mass is 35.5. The van der Waals surface area contributed by atoms with Gasteiger partial charge in [-0.1, -0.05) is 23.7 Å². The summed E-state index contributed by atoms with van der Waals surface area (Å²) in [6, 6.07) is 14.0. The number of hydrogen-bond acceptors (Lipinski definition) is 4. The predicted octanol–water partition coefficient (Wildman–Crippen LogP) is 3.58. The standard InChI is InChI=1S/C15H15ClO3S/c16-14-3-1-2-4-15(14)19-9-12(18)10-20-13-7-5-11(17)6-8-13/h1-8,12,17-18H,9-10H2. The Balaban J connectivity index is 1.77. The van der Waals surface area contributed by atoms with E-state index < -0.39 is 6.10 Å². The van der Waals surface area contributed by atoms with Crippen LogP contribution in [0, 0.1) is 0 Å². The molecule has 2 aromatic carbocycles. The molecule has 0 aliphatic rings. The molecule has 0 saturated carbocycles. The predicted molar refractivity (Wildman–Crippen MR) is 81.8 cm³/mol. The Morgan fingerprint density at radius 1 is 1.10 bits per heavy atom. The van der Waals surface area contributed by atoms with Gasteiger partial charge < -0.3 is 14.9 Å². The van der Waals surface area contributed by atoms with Crippen LogP contribution in [0.5, 0.6) is 11.5 Å². The summed E-state index contributed by atoms with van der Waals surface area (Å²) in [6.45, 7) is 0.189. The Bertz CT molecular complexity index is 545. The van der Waals surface area contributed by atoms with E-state index in [2.05, 4.69) is 0 Å². The lowest BCUT2D eigenvalue weighted by Crippen LogP contribution is -2.20. The van der Waals surface area contributed by atoms with Crippen molar-refractivity contribution in [2.75, 3.05) is 12.4 Å². The van der Waals surface area contributed by atoms with Crippen molar-refractivity contribution in [1.29, 1.82) is 0 Å². The van der Waals surface area contributed by atoms with E-state index in [0.717, 1.165) is 4.90 Å². The minimum absolute atomic E-state index is 0.189. The fourth-order valence-corrected chi connectivity index (χ4v) is 2.53. The van der Waals surface area contributed by atoms with Crippen molar-refractivity contribution >= 4 is 23.4 Å². The molecule has 1 unspecified atom stereocenters. The van der Waals surface area contributed by atoms with Crippen LogP contribution in [0.25, 0.3) is 0 Å². The summed E-state index contributed by atoms with van der Waals surface area (Å²) in [5.74, 6) is 1.31. The molecule has 0 aromatic heterocycles. The van der Waals surface area contributed by atoms with Crippen LogP contribution in [-0.2, 0) is 0 Å². The van der Waals surface area contributed by atoms with Crippen LogP contribution in [0.2, 0.25) is 5.02 Å². The molecule has 0 heterocycles. The Morgan fingerprint density at radius 3 is 2.50 bits per heavy atom. The van der Waals surface area contributed by atoms with Gasteiger partial charge in [-0.25, -0.2) is 0 Å². The molecule has 106 valence electrons. The van der Waals surface area contributed by atoms with Gasteiger partial charge >= 0.3 is 0 Å². The second kappa shape index (κ2) is 7.43. The first-order valence-corrected chi connectivity index (χ1v) is 7.49. The Hall–Kier alpha value is -1.36. The van der Waals surface area contributed by atoms with Gasteiger partial charge in [0.2, 0.25) is 0 Å². The highest BCUT2D eigenvalue weighted by molar-refractivity contribution is 7.99. The van der Waals surface area contributed by atoms with Gasteiger partial charge in [0.15, 0.2) is 0 Å². The van der Waals surface area contributed by atoms with Crippen molar-refractivity contribution in [2.45, 2.75) is 11.0 Å². The molecule has 0 amide bonds. The van der Waals surface area contributed by atoms with Gasteiger partial charge in [-0.3, -0.25) is 0 Å². The van der Waals surface area contributed by atoms with E-state index in [9.17, 15) is 10.2 Å². The molecule has 0 radical (unpaired) electrons. The van der Waals surface area contributed by atoms with Gasteiger partial charge in [-0.05, 0) is 36.4 Å². The first-order valence-electron chi connectivity index (χ1n) is 6.12. The number of aliphatic hydroxyl groups is 1. The zero-order valence-electron chi connectivity index (χ0n) is 10.7. The fourth-order valence-electron chi connectivity index (χ4n) is 1.53. The normalized spacial score (nSPS) is 12.1. The summed E-state index contributed by atoms with van der Waals surface area (Å²) in [7, 11) is 0. The largest absolute Gasteiger partial charge is 0.508 e. The molecule has 0 fully saturated rings. The third kappa shape index (κ3) is 4.63. The highest BCUT2D eigenvalue weighted by Crippen LogP contribution is 2.24. The Kier molecular flexibility index (Phi) is 5.59. The summed E-state index contributed by atoms with van der Waals surface area (Å²) in [5, 5.41) is 19.6. The van der Waals surface area contributed by atoms with Gasteiger partial charge in [0.05, 0.1) is 11.1 Å². The number of phenolic OH excluding ortho intramolecular Hbond substituents is 1. The Labute approximate surface area is 127 Å². The molecule has 5 heteroatoms. The molecular weight excluding hydrogens is 296 g/mol. The van der Waals surface area contributed by atoms with Crippen LogP contribution in [-0.4, -0.2) is 28.7 Å². The second-order valence-corrected chi connectivity index (χ2v) is 5.70. The average molecular weight is 311 g/mol. The van der Waals surface area contributed by atoms with Gasteiger partial charge in [0, 0.05) is 10.6 Å². The second-order valence-electron chi connectivity index (χ2n) is 4.20. The molecule has 0 aliphatic heterocycles. The summed E-state index contributed by atoms with van der Waals surface area (Å²) < 4.78 is 5.47. The van der Waals surface area contributed by atoms with Gasteiger partial charge in [-0.2, -0.15) is 0 Å². The van der Waals surface area contributed by atoms with Crippen molar-refractivity contribution in [1.82, 2.24) is 0 Å². The average Bonchev–Trinajstić information content (AvgIpc) is 2.46. The number of benzene rings is 2. The number of phenols is 1. The smallest absolute Gasteiger partial charge is 0.138 e. The molecule has 2 N–H and O–H groups in total. The van der Waals surface area contributed by atoms with Gasteiger partial charge in [0.1, 0.15) is 18.1 Å². The van der Waals surface area contributed by atoms with Crippen molar-refractivity contribution in [3.8, 4) is 11.5 Å². The van der Waals surface area contributed by atoms with Crippen molar-refractivity contribution in [3.05, 3.63) is 53.6 Å². The summed E-state index contributed by atoms with van der Waals surface area (Å²) >= 11 is 7.46. The van der Waals surface area contributed by atoms with E-state index in [1.54, 1.807) is 24.3 Å². The lowest BCUT2D eigenvalue weighted by atomic mass is 10.3. The summed E-state index contributed by atoms with van der Waals surface area (Å²) in [6.07, 6.45) is -0.593. The lowest BCUT2D eigenvalue weighted by molar-refractivity contribution is 0.126. The molecule has 1 atom stereocenters. The number of halogens is 1. The molecule has 2 rings (SSSR count). The topological polar surface area (TPSA) is 49.7 Å². The number of aliphatic hydroxyl groups excluding tert-OH is 1. The zero-order chi connectivity index (χ0) is 14.4. The molecule has 0 bridgehead atoms. The van der Waals surface area contributed by atoms with Gasteiger partial charge in [-0.15, -0.1) is 11.8 Å². The van der Waals surface area contributed by atoms with Crippen LogP contribution in [0.1, 0.15) is 0 Å². The number of rotatable bonds is 6. The van der Waals surface area contributed by atoms with E-state index in [-0.39, 0.29) is 12.4 Å². The van der Waals surface area contributed by atoms with Crippen LogP contribution < -0.4 is 4.74 Å². The van der Waals surface area contributed by atoms with Crippen LogP contribution in [0.4, 0.5) is 0 Å². The number of ether oxygens (including phenoxy) is 1. The summed E-state index contributed by atoms with van der Waals surface area (Å²) in [5.41, 5.74) is 0. The number of thioether (sulfide) groups is 1. The first-order chi connectivity index (χ1) is 9.65. The first kappa shape index (κ1) is 15.0. The van der Waals surface area contributed by atoms with Crippen molar-refractivity contribution in [3.63, 3.8) is 0 Å². The molecule has 20 heavy (non-hydrogen) atoms. The number of para-hydroxylation sites is 1. The van der Waals surface area contributed by atoms with Crippen molar-refractivity contribution in [2.24, 2.45) is 0 Å². The zero-order valence-corrected chi connectivity index (χ0v) is 12.3. The van der Waals surface area contributed by atoms with Crippen LogP contribution in [0.15, 0.2) is 53.4 Å². The molecule has 0 aliphatic carbocycles. The van der Waals surface area contributed by atoms with Crippen LogP contribution >= 0.6 is 23.4 Å². The third-order valence-electron chi connectivity index (χ3n) is 2.55. The quantitative estimate of drug-likeness (QED) is 0.801. The maximum Gasteiger partial charge on any atom is 0.138 e. The molecular formula is C15H15ClO3S. The minimum atomic E-state index is -0.593. The molecule has 0 spiro atoms. The summed E-state index contributed by atoms with van der Waals surface area (Å²) in [4.78, 5) is 0.986. The number of aromatic hydroxyl groups is 1. The molecule has 3 nitrogen and oxygen atoms in total. The van der Waals surface area contributed by atoms with E-state index in [1.807, 2.05) is 24.3 Å². The van der Waals surface area contributed by atoms with Crippen molar-refractivity contribution < 1.29 is 14.9 Å².